The number of thiazole rings is 1. The monoisotopic (exact) mass is 511 g/mol. The van der Waals surface area contributed by atoms with Gasteiger partial charge in [-0.3, -0.25) is 14.7 Å². The van der Waals surface area contributed by atoms with Crippen molar-refractivity contribution in [3.63, 3.8) is 0 Å². The van der Waals surface area contributed by atoms with Gasteiger partial charge in [0.1, 0.15) is 21.7 Å². The molecule has 4 rings (SSSR count). The average Bonchev–Trinajstić information content (AvgIpc) is 3.31. The Labute approximate surface area is 208 Å². The molecule has 0 N–H and O–H groups in total. The molecule has 2 aromatic heterocycles. The molecule has 0 radical (unpaired) electrons. The molecule has 35 heavy (non-hydrogen) atoms. The van der Waals surface area contributed by atoms with Crippen molar-refractivity contribution in [2.24, 2.45) is 0 Å². The van der Waals surface area contributed by atoms with Crippen LogP contribution in [0.3, 0.4) is 0 Å². The second-order valence-electron chi connectivity index (χ2n) is 7.83. The molecule has 0 aliphatic rings. The summed E-state index contributed by atoms with van der Waals surface area (Å²) in [5.41, 5.74) is 2.18. The molecule has 182 valence electrons. The Morgan fingerprint density at radius 1 is 1.00 bits per heavy atom. The number of ether oxygens (including phenoxy) is 2. The first-order chi connectivity index (χ1) is 16.8. The summed E-state index contributed by atoms with van der Waals surface area (Å²) >= 11 is 1.28. The molecule has 1 amide bonds. The molecule has 2 heterocycles. The van der Waals surface area contributed by atoms with Gasteiger partial charge in [-0.25, -0.2) is 13.4 Å². The second kappa shape index (κ2) is 10.4. The van der Waals surface area contributed by atoms with Crippen LogP contribution in [-0.2, 0) is 21.2 Å². The van der Waals surface area contributed by atoms with E-state index in [0.29, 0.717) is 27.8 Å². The van der Waals surface area contributed by atoms with Crippen molar-refractivity contribution in [3.05, 3.63) is 72.1 Å². The topological polar surface area (TPSA) is 98.7 Å². The highest BCUT2D eigenvalue weighted by atomic mass is 32.2. The van der Waals surface area contributed by atoms with Crippen molar-refractivity contribution in [2.75, 3.05) is 24.9 Å². The van der Waals surface area contributed by atoms with Crippen LogP contribution in [0.1, 0.15) is 17.7 Å². The van der Waals surface area contributed by atoms with Crippen molar-refractivity contribution in [1.82, 2.24) is 9.97 Å². The van der Waals surface area contributed by atoms with Crippen molar-refractivity contribution in [3.8, 4) is 11.5 Å². The number of carbonyl (C=O) groups is 1. The van der Waals surface area contributed by atoms with Gasteiger partial charge in [-0.15, -0.1) is 0 Å². The Hall–Kier alpha value is -3.50. The first kappa shape index (κ1) is 24.6. The van der Waals surface area contributed by atoms with Crippen molar-refractivity contribution in [2.45, 2.75) is 24.8 Å². The van der Waals surface area contributed by atoms with E-state index < -0.39 is 9.84 Å². The maximum atomic E-state index is 13.4. The Bertz CT molecular complexity index is 1390. The number of aryl methyl sites for hydroxylation is 1. The molecule has 0 fully saturated rings. The van der Waals surface area contributed by atoms with Crippen LogP contribution >= 0.6 is 11.3 Å². The predicted octanol–water partition coefficient (Wildman–Crippen LogP) is 4.41. The fourth-order valence-corrected chi connectivity index (χ4v) is 5.85. The fraction of sp³-hybridized carbons (Fsp3) is 0.240. The molecule has 0 atom stereocenters. The molecule has 2 aromatic carbocycles. The van der Waals surface area contributed by atoms with Crippen molar-refractivity contribution >= 4 is 42.4 Å². The molecule has 0 spiro atoms. The zero-order chi connectivity index (χ0) is 25.0. The summed E-state index contributed by atoms with van der Waals surface area (Å²) in [7, 11) is -0.515. The minimum absolute atomic E-state index is 0.148. The summed E-state index contributed by atoms with van der Waals surface area (Å²) in [6.07, 6.45) is 1.44. The van der Waals surface area contributed by atoms with Crippen molar-refractivity contribution in [1.29, 1.82) is 0 Å². The zero-order valence-electron chi connectivity index (χ0n) is 19.6. The highest BCUT2D eigenvalue weighted by Crippen LogP contribution is 2.40. The van der Waals surface area contributed by atoms with Crippen LogP contribution in [-0.4, -0.2) is 44.3 Å². The zero-order valence-corrected chi connectivity index (χ0v) is 21.2. The van der Waals surface area contributed by atoms with E-state index in [1.54, 1.807) is 68.9 Å². The normalized spacial score (nSPS) is 11.4. The van der Waals surface area contributed by atoms with Gasteiger partial charge in [0, 0.05) is 12.6 Å². The van der Waals surface area contributed by atoms with E-state index in [0.717, 1.165) is 10.3 Å². The SMILES string of the molecule is COc1ccc(OC)c2sc(N(Cc3ccccn3)C(=O)CCS(=O)(=O)c3ccc(C)cc3)nc12. The Balaban J connectivity index is 1.67. The van der Waals surface area contributed by atoms with Crippen LogP contribution in [0.5, 0.6) is 11.5 Å². The van der Waals surface area contributed by atoms with Crippen LogP contribution in [0.25, 0.3) is 10.2 Å². The van der Waals surface area contributed by atoms with E-state index in [-0.39, 0.29) is 29.5 Å². The molecular weight excluding hydrogens is 486 g/mol. The third kappa shape index (κ3) is 5.44. The second-order valence-corrected chi connectivity index (χ2v) is 10.9. The van der Waals surface area contributed by atoms with Crippen LogP contribution in [0.15, 0.2) is 65.7 Å². The van der Waals surface area contributed by atoms with Crippen LogP contribution in [0.2, 0.25) is 0 Å². The molecular formula is C25H25N3O5S2. The van der Waals surface area contributed by atoms with E-state index in [2.05, 4.69) is 9.97 Å². The first-order valence-corrected chi connectivity index (χ1v) is 13.3. The van der Waals surface area contributed by atoms with Gasteiger partial charge in [-0.05, 0) is 43.3 Å². The van der Waals surface area contributed by atoms with E-state index in [1.807, 2.05) is 13.0 Å². The highest BCUT2D eigenvalue weighted by molar-refractivity contribution is 7.91. The van der Waals surface area contributed by atoms with Gasteiger partial charge < -0.3 is 9.47 Å². The molecule has 0 aliphatic heterocycles. The van der Waals surface area contributed by atoms with E-state index in [1.165, 1.54) is 16.2 Å². The van der Waals surface area contributed by atoms with E-state index >= 15 is 0 Å². The fourth-order valence-electron chi connectivity index (χ4n) is 3.53. The molecule has 0 aliphatic carbocycles. The maximum absolute atomic E-state index is 13.4. The van der Waals surface area contributed by atoms with Gasteiger partial charge in [0.15, 0.2) is 15.0 Å². The molecule has 4 aromatic rings. The number of aromatic nitrogens is 2. The number of benzene rings is 2. The summed E-state index contributed by atoms with van der Waals surface area (Å²) in [5.74, 6) is 0.473. The number of amides is 1. The van der Waals surface area contributed by atoms with Crippen LogP contribution < -0.4 is 14.4 Å². The summed E-state index contributed by atoms with van der Waals surface area (Å²) in [6.45, 7) is 2.03. The number of methoxy groups -OCH3 is 2. The molecule has 0 unspecified atom stereocenters. The van der Waals surface area contributed by atoms with Gasteiger partial charge in [-0.2, -0.15) is 0 Å². The maximum Gasteiger partial charge on any atom is 0.230 e. The van der Waals surface area contributed by atoms with Gasteiger partial charge in [-0.1, -0.05) is 35.1 Å². The number of rotatable bonds is 9. The lowest BCUT2D eigenvalue weighted by Gasteiger charge is -2.19. The standard InChI is InChI=1S/C25H25N3O5S2/c1-17-7-9-19(10-8-17)35(30,31)15-13-22(29)28(16-18-6-4-5-14-26-18)25-27-23-20(32-2)11-12-21(33-3)24(23)34-25/h4-12,14H,13,15-16H2,1-3H3. The number of hydrogen-bond donors (Lipinski definition) is 0. The Kier molecular flexibility index (Phi) is 7.32. The molecule has 10 heteroatoms. The van der Waals surface area contributed by atoms with Crippen LogP contribution in [0.4, 0.5) is 5.13 Å². The van der Waals surface area contributed by atoms with Gasteiger partial charge in [0.25, 0.3) is 0 Å². The molecule has 8 nitrogen and oxygen atoms in total. The number of nitrogens with zero attached hydrogens (tertiary/aromatic N) is 3. The quantitative estimate of drug-likeness (QED) is 0.328. The van der Waals surface area contributed by atoms with Gasteiger partial charge >= 0.3 is 0 Å². The number of carbonyl (C=O) groups excluding carboxylic acids is 1. The van der Waals surface area contributed by atoms with Gasteiger partial charge in [0.2, 0.25) is 5.91 Å². The predicted molar refractivity (Wildman–Crippen MR) is 136 cm³/mol. The third-order valence-corrected chi connectivity index (χ3v) is 8.27. The lowest BCUT2D eigenvalue weighted by molar-refractivity contribution is -0.118. The molecule has 0 bridgehead atoms. The number of sulfone groups is 1. The number of anilines is 1. The lowest BCUT2D eigenvalue weighted by Crippen LogP contribution is -2.32. The van der Waals surface area contributed by atoms with Gasteiger partial charge in [0.05, 0.1) is 37.1 Å². The highest BCUT2D eigenvalue weighted by Gasteiger charge is 2.25. The number of pyridine rings is 1. The summed E-state index contributed by atoms with van der Waals surface area (Å²) in [4.78, 5) is 24.1. The summed E-state index contributed by atoms with van der Waals surface area (Å²) in [6, 6.07) is 15.6. The molecule has 0 saturated carbocycles. The Morgan fingerprint density at radius 3 is 2.37 bits per heavy atom. The van der Waals surface area contributed by atoms with Crippen molar-refractivity contribution < 1.29 is 22.7 Å². The lowest BCUT2D eigenvalue weighted by atomic mass is 10.2. The van der Waals surface area contributed by atoms with E-state index in [9.17, 15) is 13.2 Å². The van der Waals surface area contributed by atoms with Crippen LogP contribution in [0, 0.1) is 6.92 Å². The first-order valence-electron chi connectivity index (χ1n) is 10.8. The third-order valence-electron chi connectivity index (χ3n) is 5.44. The molecule has 0 saturated heterocycles. The summed E-state index contributed by atoms with van der Waals surface area (Å²) < 4.78 is 37.3. The largest absolute Gasteiger partial charge is 0.495 e. The number of hydrogen-bond acceptors (Lipinski definition) is 8. The average molecular weight is 512 g/mol. The Morgan fingerprint density at radius 2 is 1.71 bits per heavy atom. The van der Waals surface area contributed by atoms with E-state index in [4.69, 9.17) is 9.47 Å². The minimum atomic E-state index is -3.63. The number of fused-ring (bicyclic) bond motifs is 1. The minimum Gasteiger partial charge on any atom is -0.495 e. The smallest absolute Gasteiger partial charge is 0.230 e. The summed E-state index contributed by atoms with van der Waals surface area (Å²) in [5, 5.41) is 0.409.